The van der Waals surface area contributed by atoms with Gasteiger partial charge in [-0.05, 0) is 6.07 Å². The Hall–Kier alpha value is -5.91. The van der Waals surface area contributed by atoms with Crippen LogP contribution in [-0.2, 0) is 109 Å². The number of hydrogen-bond donors (Lipinski definition) is 15. The summed E-state index contributed by atoms with van der Waals surface area (Å²) < 4.78 is 101. The second-order valence-electron chi connectivity index (χ2n) is 26.0. The Morgan fingerprint density at radius 3 is 1.07 bits per heavy atom. The van der Waals surface area contributed by atoms with Crippen LogP contribution in [0.3, 0.4) is 0 Å². The van der Waals surface area contributed by atoms with Crippen molar-refractivity contribution in [2.75, 3.05) is 236 Å². The fourth-order valence-corrected chi connectivity index (χ4v) is 10.8. The molecule has 3 fully saturated rings. The van der Waals surface area contributed by atoms with Gasteiger partial charge < -0.3 is 163 Å². The van der Waals surface area contributed by atoms with E-state index in [2.05, 4.69) is 31.9 Å². The summed E-state index contributed by atoms with van der Waals surface area (Å²) in [5, 5.41) is 128. The van der Waals surface area contributed by atoms with Gasteiger partial charge in [0.25, 0.3) is 11.4 Å². The maximum Gasteiger partial charge on any atom is 0.299 e. The van der Waals surface area contributed by atoms with E-state index < -0.39 is 181 Å². The number of anilines is 1. The first-order valence-electron chi connectivity index (χ1n) is 37.2. The van der Waals surface area contributed by atoms with Crippen LogP contribution >= 0.6 is 0 Å². The SMILES string of the molecule is C[C@H]1[C@H](OCCOCCOCCNC(=O)CCOCC(COCCC(=O)NCCOCCOCCO[C@@H]2O[C@H](CO)[C@H](O)[C@H](O)[C@H]2C)(COCCC(=O)NCCOCCOCCO[C@@H]2O[C@H](CO)[C@H](O)[C@H](O)[C@H]2C)NC(=O)CNC(=O)COCCOCCOCCNc2ccc([N+](=O)[O-])cc2[N+](=O)[O-])O[C@H](CO)[C@H](O)[C@@H]1O. The molecule has 0 radical (unpaired) electrons. The first kappa shape index (κ1) is 98.5. The zero-order valence-electron chi connectivity index (χ0n) is 63.7. The molecular formula is C68H118N8O36. The molecule has 1 aromatic carbocycles. The Balaban J connectivity index is 1.26. The Morgan fingerprint density at radius 1 is 0.402 bits per heavy atom. The second-order valence-corrected chi connectivity index (χ2v) is 26.0. The highest BCUT2D eigenvalue weighted by Gasteiger charge is 2.45. The van der Waals surface area contributed by atoms with Gasteiger partial charge in [-0.15, -0.1) is 0 Å². The number of nitrogens with one attached hydrogen (secondary N) is 6. The zero-order chi connectivity index (χ0) is 81.9. The van der Waals surface area contributed by atoms with Gasteiger partial charge in [-0.3, -0.25) is 44.2 Å². The largest absolute Gasteiger partial charge is 0.394 e. The zero-order valence-corrected chi connectivity index (χ0v) is 63.7. The normalized spacial score (nSPS) is 23.9. The van der Waals surface area contributed by atoms with Crippen LogP contribution in [0, 0.1) is 38.0 Å². The van der Waals surface area contributed by atoms with E-state index >= 15 is 0 Å². The highest BCUT2D eigenvalue weighted by Crippen LogP contribution is 2.31. The molecule has 0 spiro atoms. The molecule has 15 atom stereocenters. The third-order valence-corrected chi connectivity index (χ3v) is 17.2. The number of carbonyl (C=O) groups excluding carboxylic acids is 5. The number of aliphatic hydroxyl groups is 9. The first-order chi connectivity index (χ1) is 54.0. The lowest BCUT2D eigenvalue weighted by Gasteiger charge is -2.40. The van der Waals surface area contributed by atoms with Crippen molar-refractivity contribution in [2.45, 2.75) is 119 Å². The summed E-state index contributed by atoms with van der Waals surface area (Å²) in [4.78, 5) is 86.6. The average Bonchev–Trinajstić information content (AvgIpc) is 0.834. The van der Waals surface area contributed by atoms with Crippen LogP contribution in [0.4, 0.5) is 17.1 Å². The molecule has 5 amide bonds. The highest BCUT2D eigenvalue weighted by atomic mass is 16.7. The lowest BCUT2D eigenvalue weighted by molar-refractivity contribution is -0.393. The summed E-state index contributed by atoms with van der Waals surface area (Å²) in [5.74, 6) is -4.39. The summed E-state index contributed by atoms with van der Waals surface area (Å²) in [6, 6.07) is 3.22. The predicted molar refractivity (Wildman–Crippen MR) is 383 cm³/mol. The third kappa shape index (κ3) is 39.2. The summed E-state index contributed by atoms with van der Waals surface area (Å²) in [5.41, 5.74) is -2.41. The molecule has 646 valence electrons. The monoisotopic (exact) mass is 1620 g/mol. The molecule has 3 aliphatic rings. The second kappa shape index (κ2) is 58.0. The van der Waals surface area contributed by atoms with E-state index in [1.165, 1.54) is 6.07 Å². The number of nitro benzene ring substituents is 2. The van der Waals surface area contributed by atoms with Crippen molar-refractivity contribution >= 4 is 46.6 Å². The van der Waals surface area contributed by atoms with Gasteiger partial charge in [0.2, 0.25) is 29.5 Å². The molecule has 15 N–H and O–H groups in total. The summed E-state index contributed by atoms with van der Waals surface area (Å²) in [6.45, 7) is 3.68. The summed E-state index contributed by atoms with van der Waals surface area (Å²) in [6.07, 6.45) is -13.3. The number of carbonyl (C=O) groups is 5. The molecule has 3 aliphatic heterocycles. The quantitative estimate of drug-likeness (QED) is 0.0164. The van der Waals surface area contributed by atoms with Gasteiger partial charge in [0.05, 0.1) is 232 Å². The van der Waals surface area contributed by atoms with E-state index in [4.69, 9.17) is 85.3 Å². The number of nitro groups is 2. The number of amides is 5. The van der Waals surface area contributed by atoms with E-state index in [0.717, 1.165) is 12.1 Å². The number of rotatable bonds is 65. The Bertz CT molecular complexity index is 2590. The Kier molecular flexibility index (Phi) is 51.0. The molecule has 0 saturated carbocycles. The van der Waals surface area contributed by atoms with Crippen molar-refractivity contribution in [1.29, 1.82) is 0 Å². The van der Waals surface area contributed by atoms with E-state index in [1.54, 1.807) is 20.8 Å². The molecule has 3 saturated heterocycles. The molecular weight excluding hydrogens is 1500 g/mol. The van der Waals surface area contributed by atoms with Gasteiger partial charge in [-0.2, -0.15) is 0 Å². The van der Waals surface area contributed by atoms with E-state index in [0.29, 0.717) is 0 Å². The Morgan fingerprint density at radius 2 is 0.732 bits per heavy atom. The molecule has 0 aromatic heterocycles. The topological polar surface area (TPSA) is 592 Å². The van der Waals surface area contributed by atoms with E-state index in [1.807, 2.05) is 0 Å². The molecule has 4 rings (SSSR count). The smallest absolute Gasteiger partial charge is 0.299 e. The van der Waals surface area contributed by atoms with Gasteiger partial charge in [-0.1, -0.05) is 20.8 Å². The van der Waals surface area contributed by atoms with Crippen LogP contribution in [-0.4, -0.2) is 396 Å². The van der Waals surface area contributed by atoms with Crippen molar-refractivity contribution < 1.29 is 165 Å². The van der Waals surface area contributed by atoms with Crippen LogP contribution in [0.1, 0.15) is 40.0 Å². The van der Waals surface area contributed by atoms with Crippen LogP contribution in [0.15, 0.2) is 18.2 Å². The molecule has 3 heterocycles. The van der Waals surface area contributed by atoms with Gasteiger partial charge in [0, 0.05) is 69.3 Å². The van der Waals surface area contributed by atoms with Gasteiger partial charge >= 0.3 is 0 Å². The van der Waals surface area contributed by atoms with Crippen LogP contribution < -0.4 is 31.9 Å². The van der Waals surface area contributed by atoms with Crippen molar-refractivity contribution in [3.8, 4) is 0 Å². The minimum Gasteiger partial charge on any atom is -0.394 e. The van der Waals surface area contributed by atoms with Gasteiger partial charge in [-0.25, -0.2) is 0 Å². The third-order valence-electron chi connectivity index (χ3n) is 17.2. The lowest BCUT2D eigenvalue weighted by Crippen LogP contribution is -2.60. The maximum absolute atomic E-state index is 13.8. The average molecular weight is 1620 g/mol. The highest BCUT2D eigenvalue weighted by molar-refractivity contribution is 5.85. The molecule has 0 aliphatic carbocycles. The number of benzene rings is 1. The van der Waals surface area contributed by atoms with Gasteiger partial charge in [0.15, 0.2) is 18.9 Å². The number of non-ortho nitro benzene ring substituents is 1. The van der Waals surface area contributed by atoms with Crippen molar-refractivity contribution in [3.63, 3.8) is 0 Å². The minimum atomic E-state index is -1.59. The fraction of sp³-hybridized carbons (Fsp3) is 0.838. The van der Waals surface area contributed by atoms with Crippen molar-refractivity contribution in [3.05, 3.63) is 38.4 Å². The molecule has 44 heteroatoms. The maximum atomic E-state index is 13.8. The van der Waals surface area contributed by atoms with Crippen molar-refractivity contribution in [2.24, 2.45) is 17.8 Å². The van der Waals surface area contributed by atoms with Crippen LogP contribution in [0.5, 0.6) is 0 Å². The molecule has 0 bridgehead atoms. The lowest BCUT2D eigenvalue weighted by atomic mass is 9.92. The van der Waals surface area contributed by atoms with Crippen LogP contribution in [0.2, 0.25) is 0 Å². The predicted octanol–water partition coefficient (Wildman–Crippen LogP) is -6.12. The standard InChI is InChI=1S/C68H118N8O36/c1-45-59(85)62(88)51(38-77)110-65(45)107-33-30-100-25-21-96-17-10-70-54(80)6-13-104-42-68(43-105-14-7-55(81)71-11-18-97-22-26-101-31-34-108-66-46(2)60(86)63(89)52(39-78)111-66,44-106-15-8-56(82)72-12-19-98-23-27-102-32-35-109-67-47(3)61(87)64(90)53(40-79)112-67)74-57(83)37-73-58(84)41-103-29-28-99-24-20-95-16-9-69-49-5-4-48(75(91)92)36-50(49)76(93)94/h4-5,36,45-47,51-53,59-67,69,77-79,85-90H,6-35,37-44H2,1-3H3,(H,70,80)(H,71,81)(H,72,82)(H,73,84)(H,74,83)/t45-,46-,47-,51-,52-,53-,59-,60-,61-,62+,63+,64+,65-,66-,67-/m1/s1. The van der Waals surface area contributed by atoms with Gasteiger partial charge in [0.1, 0.15) is 54.5 Å². The number of ether oxygens (including phenoxy) is 18. The number of hydrogen-bond acceptors (Lipinski definition) is 37. The minimum absolute atomic E-state index is 0.0356. The first-order valence-corrected chi connectivity index (χ1v) is 37.2. The fourth-order valence-electron chi connectivity index (χ4n) is 10.8. The van der Waals surface area contributed by atoms with Crippen molar-refractivity contribution in [1.82, 2.24) is 26.6 Å². The molecule has 112 heavy (non-hydrogen) atoms. The van der Waals surface area contributed by atoms with E-state index in [9.17, 15) is 90.2 Å². The molecule has 0 unspecified atom stereocenters. The Labute approximate surface area is 648 Å². The molecule has 44 nitrogen and oxygen atoms in total. The van der Waals surface area contributed by atoms with Crippen LogP contribution in [0.25, 0.3) is 0 Å². The van der Waals surface area contributed by atoms with E-state index in [-0.39, 0.29) is 223 Å². The summed E-state index contributed by atoms with van der Waals surface area (Å²) in [7, 11) is 0. The number of aliphatic hydroxyl groups excluding tert-OH is 9. The number of nitrogens with zero attached hydrogens (tertiary/aromatic N) is 2. The summed E-state index contributed by atoms with van der Waals surface area (Å²) >= 11 is 0. The molecule has 1 aromatic rings.